The van der Waals surface area contributed by atoms with Crippen molar-refractivity contribution in [3.63, 3.8) is 0 Å². The molecule has 0 amide bonds. The second kappa shape index (κ2) is 6.16. The van der Waals surface area contributed by atoms with Crippen molar-refractivity contribution in [3.05, 3.63) is 74.8 Å². The highest BCUT2D eigenvalue weighted by molar-refractivity contribution is 6.31. The Morgan fingerprint density at radius 3 is 2.48 bits per heavy atom. The van der Waals surface area contributed by atoms with Crippen molar-refractivity contribution in [1.82, 2.24) is 0 Å². The van der Waals surface area contributed by atoms with Gasteiger partial charge in [-0.25, -0.2) is 0 Å². The fraction of sp³-hybridized carbons (Fsp3) is 0.0667. The molecule has 5 nitrogen and oxygen atoms in total. The number of rotatable bonds is 4. The molecule has 0 N–H and O–H groups in total. The van der Waals surface area contributed by atoms with Gasteiger partial charge in [0, 0.05) is 22.7 Å². The molecule has 104 valence electrons. The van der Waals surface area contributed by atoms with Gasteiger partial charge in [-0.2, -0.15) is 5.26 Å². The number of non-ortho nitro benzene ring substituents is 1. The molecule has 0 aliphatic heterocycles. The minimum atomic E-state index is -1.02. The van der Waals surface area contributed by atoms with Crippen LogP contribution in [0.25, 0.3) is 0 Å². The van der Waals surface area contributed by atoms with E-state index in [1.54, 1.807) is 30.3 Å². The number of Topliss-reactive ketones (excluding diaryl/α,β-unsaturated/α-hetero) is 1. The Labute approximate surface area is 125 Å². The fourth-order valence-corrected chi connectivity index (χ4v) is 2.15. The summed E-state index contributed by atoms with van der Waals surface area (Å²) >= 11 is 5.79. The highest BCUT2D eigenvalue weighted by atomic mass is 35.5. The van der Waals surface area contributed by atoms with Crippen LogP contribution in [0.4, 0.5) is 5.69 Å². The lowest BCUT2D eigenvalue weighted by Gasteiger charge is -2.08. The summed E-state index contributed by atoms with van der Waals surface area (Å²) in [5, 5.41) is 20.1. The average molecular weight is 301 g/mol. The highest BCUT2D eigenvalue weighted by Gasteiger charge is 2.23. The first-order chi connectivity index (χ1) is 10.0. The van der Waals surface area contributed by atoms with E-state index in [1.165, 1.54) is 6.07 Å². The van der Waals surface area contributed by atoms with Crippen LogP contribution in [0.5, 0.6) is 0 Å². The monoisotopic (exact) mass is 300 g/mol. The van der Waals surface area contributed by atoms with Crippen LogP contribution in [0.1, 0.15) is 21.8 Å². The number of hydrogen-bond donors (Lipinski definition) is 0. The van der Waals surface area contributed by atoms with Crippen molar-refractivity contribution < 1.29 is 9.72 Å². The molecule has 0 aliphatic rings. The zero-order chi connectivity index (χ0) is 15.4. The smallest absolute Gasteiger partial charge is 0.271 e. The molecule has 0 saturated heterocycles. The number of nitrogens with zero attached hydrogens (tertiary/aromatic N) is 2. The Morgan fingerprint density at radius 1 is 1.24 bits per heavy atom. The third kappa shape index (κ3) is 3.25. The number of carbonyl (C=O) groups is 1. The molecule has 1 unspecified atom stereocenters. The van der Waals surface area contributed by atoms with E-state index in [4.69, 9.17) is 11.6 Å². The van der Waals surface area contributed by atoms with Crippen molar-refractivity contribution in [2.45, 2.75) is 5.92 Å². The van der Waals surface area contributed by atoms with Crippen molar-refractivity contribution in [3.8, 4) is 6.07 Å². The van der Waals surface area contributed by atoms with Gasteiger partial charge in [0.1, 0.15) is 5.92 Å². The number of benzene rings is 2. The number of halogens is 1. The van der Waals surface area contributed by atoms with E-state index in [9.17, 15) is 20.2 Å². The number of nitro groups is 1. The minimum absolute atomic E-state index is 0.0459. The summed E-state index contributed by atoms with van der Waals surface area (Å²) in [5.74, 6) is -1.54. The average Bonchev–Trinajstić information content (AvgIpc) is 2.48. The molecular weight excluding hydrogens is 292 g/mol. The van der Waals surface area contributed by atoms with E-state index >= 15 is 0 Å². The summed E-state index contributed by atoms with van der Waals surface area (Å²) in [7, 11) is 0. The Kier molecular flexibility index (Phi) is 4.31. The molecule has 0 radical (unpaired) electrons. The fourth-order valence-electron chi connectivity index (χ4n) is 1.92. The lowest BCUT2D eigenvalue weighted by atomic mass is 9.92. The van der Waals surface area contributed by atoms with E-state index < -0.39 is 16.6 Å². The van der Waals surface area contributed by atoms with Gasteiger partial charge in [0.25, 0.3) is 5.69 Å². The summed E-state index contributed by atoms with van der Waals surface area (Å²) < 4.78 is 0. The number of nitriles is 1. The standard InChI is InChI=1S/C15H9ClN2O3/c16-12-6-11(7-13(8-12)18(20)21)15(19)14(9-17)10-4-2-1-3-5-10/h1-8,14H. The number of ketones is 1. The summed E-state index contributed by atoms with van der Waals surface area (Å²) in [6, 6.07) is 14.0. The molecule has 0 fully saturated rings. The van der Waals surface area contributed by atoms with Crippen molar-refractivity contribution in [2.24, 2.45) is 0 Å². The van der Waals surface area contributed by atoms with E-state index in [2.05, 4.69) is 0 Å². The largest absolute Gasteiger partial charge is 0.292 e. The summed E-state index contributed by atoms with van der Waals surface area (Å²) in [5.41, 5.74) is 0.299. The molecule has 21 heavy (non-hydrogen) atoms. The van der Waals surface area contributed by atoms with Crippen LogP contribution in [0.15, 0.2) is 48.5 Å². The van der Waals surface area contributed by atoms with Crippen LogP contribution in [0.2, 0.25) is 5.02 Å². The normalized spacial score (nSPS) is 11.4. The minimum Gasteiger partial charge on any atom is -0.292 e. The SMILES string of the molecule is N#CC(C(=O)c1cc(Cl)cc([N+](=O)[O-])c1)c1ccccc1. The van der Waals surface area contributed by atoms with E-state index in [-0.39, 0.29) is 16.3 Å². The molecule has 0 saturated carbocycles. The van der Waals surface area contributed by atoms with Gasteiger partial charge in [-0.15, -0.1) is 0 Å². The van der Waals surface area contributed by atoms with Gasteiger partial charge >= 0.3 is 0 Å². The van der Waals surface area contributed by atoms with Crippen molar-refractivity contribution >= 4 is 23.1 Å². The molecule has 0 aliphatic carbocycles. The lowest BCUT2D eigenvalue weighted by molar-refractivity contribution is -0.384. The Bertz CT molecular complexity index is 738. The van der Waals surface area contributed by atoms with E-state index in [1.807, 2.05) is 6.07 Å². The molecule has 0 heterocycles. The molecule has 1 atom stereocenters. The lowest BCUT2D eigenvalue weighted by Crippen LogP contribution is -2.11. The van der Waals surface area contributed by atoms with Crippen LogP contribution in [-0.2, 0) is 0 Å². The van der Waals surface area contributed by atoms with Gasteiger partial charge in [-0.3, -0.25) is 14.9 Å². The predicted octanol–water partition coefficient (Wildman–Crippen LogP) is 3.74. The number of carbonyl (C=O) groups excluding carboxylic acids is 1. The maximum absolute atomic E-state index is 12.4. The highest BCUT2D eigenvalue weighted by Crippen LogP contribution is 2.26. The molecular formula is C15H9ClN2O3. The van der Waals surface area contributed by atoms with Gasteiger partial charge in [-0.1, -0.05) is 41.9 Å². The van der Waals surface area contributed by atoms with Gasteiger partial charge in [0.05, 0.1) is 11.0 Å². The third-order valence-corrected chi connectivity index (χ3v) is 3.12. The molecule has 2 rings (SSSR count). The van der Waals surface area contributed by atoms with Crippen LogP contribution in [0, 0.1) is 21.4 Å². The topological polar surface area (TPSA) is 84.0 Å². The summed E-state index contributed by atoms with van der Waals surface area (Å²) in [6.45, 7) is 0. The van der Waals surface area contributed by atoms with Crippen molar-refractivity contribution in [1.29, 1.82) is 5.26 Å². The predicted molar refractivity (Wildman–Crippen MR) is 77.2 cm³/mol. The quantitative estimate of drug-likeness (QED) is 0.489. The summed E-state index contributed by atoms with van der Waals surface area (Å²) in [4.78, 5) is 22.6. The summed E-state index contributed by atoms with van der Waals surface area (Å²) in [6.07, 6.45) is 0. The first kappa shape index (κ1) is 14.7. The van der Waals surface area contributed by atoms with E-state index in [0.29, 0.717) is 5.56 Å². The molecule has 0 bridgehead atoms. The van der Waals surface area contributed by atoms with Crippen LogP contribution in [-0.4, -0.2) is 10.7 Å². The van der Waals surface area contributed by atoms with Gasteiger partial charge in [-0.05, 0) is 11.6 Å². The molecule has 0 aromatic heterocycles. The number of nitro benzene ring substituents is 1. The zero-order valence-corrected chi connectivity index (χ0v) is 11.4. The van der Waals surface area contributed by atoms with Gasteiger partial charge < -0.3 is 0 Å². The molecule has 6 heteroatoms. The molecule has 0 spiro atoms. The maximum atomic E-state index is 12.4. The first-order valence-electron chi connectivity index (χ1n) is 5.96. The van der Waals surface area contributed by atoms with Crippen LogP contribution in [0.3, 0.4) is 0 Å². The van der Waals surface area contributed by atoms with Gasteiger partial charge in [0.15, 0.2) is 5.78 Å². The first-order valence-corrected chi connectivity index (χ1v) is 6.34. The Hall–Kier alpha value is -2.71. The zero-order valence-electron chi connectivity index (χ0n) is 10.7. The maximum Gasteiger partial charge on any atom is 0.271 e. The van der Waals surface area contributed by atoms with Crippen molar-refractivity contribution in [2.75, 3.05) is 0 Å². The van der Waals surface area contributed by atoms with Crippen LogP contribution >= 0.6 is 11.6 Å². The molecule has 2 aromatic rings. The Balaban J connectivity index is 2.44. The van der Waals surface area contributed by atoms with Crippen LogP contribution < -0.4 is 0 Å². The van der Waals surface area contributed by atoms with Gasteiger partial charge in [0.2, 0.25) is 0 Å². The molecule has 2 aromatic carbocycles. The third-order valence-electron chi connectivity index (χ3n) is 2.90. The Morgan fingerprint density at radius 2 is 1.90 bits per heavy atom. The second-order valence-corrected chi connectivity index (χ2v) is 4.73. The van der Waals surface area contributed by atoms with E-state index in [0.717, 1.165) is 12.1 Å². The number of hydrogen-bond acceptors (Lipinski definition) is 4. The second-order valence-electron chi connectivity index (χ2n) is 4.29.